The molecule has 2 heterocycles. The lowest BCUT2D eigenvalue weighted by Crippen LogP contribution is -2.49. The first kappa shape index (κ1) is 17.2. The number of benzene rings is 2. The van der Waals surface area contributed by atoms with Crippen LogP contribution < -0.4 is 5.32 Å². The molecule has 0 unspecified atom stereocenters. The molecule has 2 aliphatic rings. The summed E-state index contributed by atoms with van der Waals surface area (Å²) in [6.07, 6.45) is 4.11. The highest BCUT2D eigenvalue weighted by atomic mass is 16.2. The van der Waals surface area contributed by atoms with Crippen molar-refractivity contribution in [3.05, 3.63) is 89.7 Å². The summed E-state index contributed by atoms with van der Waals surface area (Å²) in [6, 6.07) is 24.0. The van der Waals surface area contributed by atoms with E-state index in [1.54, 1.807) is 0 Å². The minimum atomic E-state index is -0.0520. The minimum Gasteiger partial charge on any atom is -0.348 e. The molecule has 1 saturated carbocycles. The Balaban J connectivity index is 1.30. The van der Waals surface area contributed by atoms with E-state index in [9.17, 15) is 4.79 Å². The standard InChI is InChI=1S/C23H24N4O/c28-23(24-19-11-12-19)21-13-14-27(25-21)20-15-26(16-20)22(17-7-3-1-4-8-17)18-9-5-2-6-10-18/h1-10,13-14,19-20,22H,11-12,15-16H2,(H,24,28). The number of amides is 1. The number of likely N-dealkylation sites (tertiary alicyclic amines) is 1. The van der Waals surface area contributed by atoms with Crippen molar-refractivity contribution in [3.8, 4) is 0 Å². The Bertz CT molecular complexity index is 904. The number of nitrogens with one attached hydrogen (secondary N) is 1. The summed E-state index contributed by atoms with van der Waals surface area (Å²) < 4.78 is 1.95. The van der Waals surface area contributed by atoms with Crippen LogP contribution in [0, 0.1) is 0 Å². The summed E-state index contributed by atoms with van der Waals surface area (Å²) in [7, 11) is 0. The smallest absolute Gasteiger partial charge is 0.271 e. The van der Waals surface area contributed by atoms with Crippen LogP contribution in [0.15, 0.2) is 72.9 Å². The lowest BCUT2D eigenvalue weighted by molar-refractivity contribution is 0.0676. The third kappa shape index (κ3) is 3.45. The van der Waals surface area contributed by atoms with Crippen LogP contribution in [0.4, 0.5) is 0 Å². The number of carbonyl (C=O) groups is 1. The average Bonchev–Trinajstić information content (AvgIpc) is 3.38. The van der Waals surface area contributed by atoms with Gasteiger partial charge in [0, 0.05) is 25.3 Å². The Labute approximate surface area is 165 Å². The van der Waals surface area contributed by atoms with Gasteiger partial charge < -0.3 is 5.32 Å². The van der Waals surface area contributed by atoms with Crippen LogP contribution in [-0.2, 0) is 0 Å². The molecule has 1 saturated heterocycles. The highest BCUT2D eigenvalue weighted by molar-refractivity contribution is 5.92. The van der Waals surface area contributed by atoms with Crippen LogP contribution in [0.1, 0.15) is 46.5 Å². The topological polar surface area (TPSA) is 50.2 Å². The van der Waals surface area contributed by atoms with Gasteiger partial charge >= 0.3 is 0 Å². The molecule has 5 heteroatoms. The Morgan fingerprint density at radius 2 is 1.54 bits per heavy atom. The van der Waals surface area contributed by atoms with Crippen LogP contribution in [-0.4, -0.2) is 39.7 Å². The van der Waals surface area contributed by atoms with Crippen LogP contribution >= 0.6 is 0 Å². The van der Waals surface area contributed by atoms with Crippen molar-refractivity contribution in [2.45, 2.75) is 31.0 Å². The Morgan fingerprint density at radius 3 is 2.11 bits per heavy atom. The number of hydrogen-bond acceptors (Lipinski definition) is 3. The first-order valence-corrected chi connectivity index (χ1v) is 9.98. The van der Waals surface area contributed by atoms with Crippen LogP contribution in [0.2, 0.25) is 0 Å². The molecule has 1 aliphatic heterocycles. The summed E-state index contributed by atoms with van der Waals surface area (Å²) in [6.45, 7) is 1.83. The van der Waals surface area contributed by atoms with Gasteiger partial charge in [0.25, 0.3) is 5.91 Å². The van der Waals surface area contributed by atoms with E-state index in [4.69, 9.17) is 0 Å². The fourth-order valence-electron chi connectivity index (χ4n) is 3.90. The predicted octanol–water partition coefficient (Wildman–Crippen LogP) is 3.42. The van der Waals surface area contributed by atoms with Crippen molar-refractivity contribution >= 4 is 5.91 Å². The molecule has 0 spiro atoms. The molecule has 28 heavy (non-hydrogen) atoms. The zero-order valence-electron chi connectivity index (χ0n) is 15.7. The number of aromatic nitrogens is 2. The van der Waals surface area contributed by atoms with Gasteiger partial charge in [0.2, 0.25) is 0 Å². The molecular weight excluding hydrogens is 348 g/mol. The van der Waals surface area contributed by atoms with E-state index >= 15 is 0 Å². The zero-order chi connectivity index (χ0) is 18.9. The first-order valence-electron chi connectivity index (χ1n) is 9.98. The zero-order valence-corrected chi connectivity index (χ0v) is 15.7. The van der Waals surface area contributed by atoms with Crippen LogP contribution in [0.25, 0.3) is 0 Å². The number of hydrogen-bond donors (Lipinski definition) is 1. The van der Waals surface area contributed by atoms with Gasteiger partial charge in [0.05, 0.1) is 12.1 Å². The quantitative estimate of drug-likeness (QED) is 0.721. The molecule has 2 aromatic carbocycles. The first-order chi connectivity index (χ1) is 13.8. The number of nitrogens with zero attached hydrogens (tertiary/aromatic N) is 3. The van der Waals surface area contributed by atoms with Crippen molar-refractivity contribution in [2.24, 2.45) is 0 Å². The molecule has 142 valence electrons. The Kier molecular flexibility index (Phi) is 4.45. The SMILES string of the molecule is O=C(NC1CC1)c1ccn(C2CN(C(c3ccccc3)c3ccccc3)C2)n1. The molecule has 1 aliphatic carbocycles. The second-order valence-electron chi connectivity index (χ2n) is 7.76. The third-order valence-corrected chi connectivity index (χ3v) is 5.61. The van der Waals surface area contributed by atoms with Crippen molar-refractivity contribution in [1.29, 1.82) is 0 Å². The van der Waals surface area contributed by atoms with E-state index in [0.717, 1.165) is 25.9 Å². The van der Waals surface area contributed by atoms with Crippen LogP contribution in [0.3, 0.4) is 0 Å². The fraction of sp³-hybridized carbons (Fsp3) is 0.304. The van der Waals surface area contributed by atoms with Crippen molar-refractivity contribution in [2.75, 3.05) is 13.1 Å². The van der Waals surface area contributed by atoms with E-state index in [0.29, 0.717) is 17.8 Å². The molecule has 0 radical (unpaired) electrons. The molecule has 0 atom stereocenters. The minimum absolute atomic E-state index is 0.0520. The van der Waals surface area contributed by atoms with Gasteiger partial charge in [-0.3, -0.25) is 14.4 Å². The van der Waals surface area contributed by atoms with Gasteiger partial charge in [-0.15, -0.1) is 0 Å². The molecule has 1 N–H and O–H groups in total. The van der Waals surface area contributed by atoms with E-state index in [-0.39, 0.29) is 11.9 Å². The fourth-order valence-corrected chi connectivity index (χ4v) is 3.90. The van der Waals surface area contributed by atoms with Gasteiger partial charge in [-0.1, -0.05) is 60.7 Å². The van der Waals surface area contributed by atoms with E-state index in [1.165, 1.54) is 11.1 Å². The maximum atomic E-state index is 12.2. The van der Waals surface area contributed by atoms with Gasteiger partial charge in [0.1, 0.15) is 5.69 Å². The highest BCUT2D eigenvalue weighted by Gasteiger charge is 2.35. The largest absolute Gasteiger partial charge is 0.348 e. The summed E-state index contributed by atoms with van der Waals surface area (Å²) in [5, 5.41) is 7.53. The summed E-state index contributed by atoms with van der Waals surface area (Å²) in [5.41, 5.74) is 3.13. The molecule has 2 fully saturated rings. The second kappa shape index (κ2) is 7.24. The lowest BCUT2D eigenvalue weighted by Gasteiger charge is -2.44. The third-order valence-electron chi connectivity index (χ3n) is 5.61. The summed E-state index contributed by atoms with van der Waals surface area (Å²) in [5.74, 6) is -0.0520. The van der Waals surface area contributed by atoms with E-state index < -0.39 is 0 Å². The normalized spacial score (nSPS) is 17.5. The molecule has 1 aromatic heterocycles. The van der Waals surface area contributed by atoms with Crippen molar-refractivity contribution < 1.29 is 4.79 Å². The van der Waals surface area contributed by atoms with E-state index in [2.05, 4.69) is 76.0 Å². The maximum absolute atomic E-state index is 12.2. The van der Waals surface area contributed by atoms with Crippen LogP contribution in [0.5, 0.6) is 0 Å². The summed E-state index contributed by atoms with van der Waals surface area (Å²) >= 11 is 0. The second-order valence-corrected chi connectivity index (χ2v) is 7.76. The predicted molar refractivity (Wildman–Crippen MR) is 108 cm³/mol. The highest BCUT2D eigenvalue weighted by Crippen LogP contribution is 2.35. The van der Waals surface area contributed by atoms with Crippen molar-refractivity contribution in [3.63, 3.8) is 0 Å². The molecule has 3 aromatic rings. The Hall–Kier alpha value is -2.92. The van der Waals surface area contributed by atoms with E-state index in [1.807, 2.05) is 16.9 Å². The number of rotatable bonds is 6. The summed E-state index contributed by atoms with van der Waals surface area (Å²) in [4.78, 5) is 14.7. The molecular formula is C23H24N4O. The average molecular weight is 372 g/mol. The number of carbonyl (C=O) groups excluding carboxylic acids is 1. The van der Waals surface area contributed by atoms with Gasteiger partial charge in [-0.25, -0.2) is 0 Å². The molecule has 5 rings (SSSR count). The maximum Gasteiger partial charge on any atom is 0.271 e. The monoisotopic (exact) mass is 372 g/mol. The van der Waals surface area contributed by atoms with Gasteiger partial charge in [0.15, 0.2) is 0 Å². The lowest BCUT2D eigenvalue weighted by atomic mass is 9.93. The molecule has 0 bridgehead atoms. The molecule has 1 amide bonds. The molecule has 5 nitrogen and oxygen atoms in total. The Morgan fingerprint density at radius 1 is 0.929 bits per heavy atom. The van der Waals surface area contributed by atoms with Gasteiger partial charge in [-0.05, 0) is 30.0 Å². The van der Waals surface area contributed by atoms with Crippen molar-refractivity contribution in [1.82, 2.24) is 20.0 Å². The van der Waals surface area contributed by atoms with Gasteiger partial charge in [-0.2, -0.15) is 5.10 Å².